The van der Waals surface area contributed by atoms with E-state index >= 15 is 0 Å². The van der Waals surface area contributed by atoms with Crippen molar-refractivity contribution in [2.24, 2.45) is 0 Å². The molecule has 3 aromatic rings. The van der Waals surface area contributed by atoms with E-state index in [1.54, 1.807) is 19.9 Å². The van der Waals surface area contributed by atoms with Crippen molar-refractivity contribution in [3.05, 3.63) is 77.6 Å². The number of nitrogens with zero attached hydrogens (tertiary/aromatic N) is 2. The molecule has 10 nitrogen and oxygen atoms in total. The fourth-order valence-electron chi connectivity index (χ4n) is 2.80. The van der Waals surface area contributed by atoms with Crippen LogP contribution in [0.25, 0.3) is 0 Å². The molecule has 0 aliphatic rings. The zero-order valence-electron chi connectivity index (χ0n) is 18.0. The van der Waals surface area contributed by atoms with Gasteiger partial charge in [-0.1, -0.05) is 30.3 Å². The maximum Gasteiger partial charge on any atom is 0.407 e. The van der Waals surface area contributed by atoms with Crippen LogP contribution in [0.4, 0.5) is 16.4 Å². The van der Waals surface area contributed by atoms with Gasteiger partial charge < -0.3 is 15.4 Å². The number of anilines is 2. The number of hydrogen-bond acceptors (Lipinski definition) is 7. The maximum atomic E-state index is 12.6. The van der Waals surface area contributed by atoms with Gasteiger partial charge in [0.1, 0.15) is 13.2 Å². The van der Waals surface area contributed by atoms with Crippen LogP contribution >= 0.6 is 0 Å². The third-order valence-electron chi connectivity index (χ3n) is 4.26. The number of nitrogens with one attached hydrogen (secondary N) is 3. The average molecular weight is 470 g/mol. The smallest absolute Gasteiger partial charge is 0.407 e. The van der Waals surface area contributed by atoms with E-state index in [0.29, 0.717) is 17.1 Å². The van der Waals surface area contributed by atoms with Crippen LogP contribution in [-0.2, 0) is 26.2 Å². The third kappa shape index (κ3) is 7.28. The fraction of sp³-hybridized carbons (Fsp3) is 0.182. The van der Waals surface area contributed by atoms with E-state index in [2.05, 4.69) is 25.3 Å². The summed E-state index contributed by atoms with van der Waals surface area (Å²) in [4.78, 5) is 31.9. The van der Waals surface area contributed by atoms with Crippen LogP contribution in [0.5, 0.6) is 0 Å². The summed E-state index contributed by atoms with van der Waals surface area (Å²) in [6.45, 7) is 3.26. The van der Waals surface area contributed by atoms with Crippen LogP contribution in [0.3, 0.4) is 0 Å². The molecule has 0 saturated heterocycles. The number of aryl methyl sites for hydroxylation is 2. The number of aromatic nitrogens is 2. The lowest BCUT2D eigenvalue weighted by Crippen LogP contribution is -2.33. The average Bonchev–Trinajstić information content (AvgIpc) is 2.76. The van der Waals surface area contributed by atoms with Crippen molar-refractivity contribution in [3.8, 4) is 0 Å². The highest BCUT2D eigenvalue weighted by atomic mass is 32.2. The molecule has 0 bridgehead atoms. The van der Waals surface area contributed by atoms with Crippen LogP contribution < -0.4 is 15.4 Å². The molecule has 1 aromatic heterocycles. The van der Waals surface area contributed by atoms with Gasteiger partial charge in [0, 0.05) is 17.1 Å². The molecule has 33 heavy (non-hydrogen) atoms. The Hall–Kier alpha value is -3.99. The number of benzene rings is 2. The molecule has 0 aliphatic heterocycles. The first-order chi connectivity index (χ1) is 15.7. The summed E-state index contributed by atoms with van der Waals surface area (Å²) in [6.07, 6.45) is -0.727. The van der Waals surface area contributed by atoms with Gasteiger partial charge in [-0.2, -0.15) is 0 Å². The van der Waals surface area contributed by atoms with Gasteiger partial charge in [0.15, 0.2) is 0 Å². The molecular formula is C22H23N5O5S. The number of sulfonamides is 1. The number of ether oxygens (including phenoxy) is 1. The Morgan fingerprint density at radius 3 is 2.21 bits per heavy atom. The lowest BCUT2D eigenvalue weighted by Gasteiger charge is -2.10. The molecule has 172 valence electrons. The topological polar surface area (TPSA) is 139 Å². The van der Waals surface area contributed by atoms with Crippen molar-refractivity contribution in [1.29, 1.82) is 0 Å². The summed E-state index contributed by atoms with van der Waals surface area (Å²) < 4.78 is 32.5. The number of alkyl carbamates (subject to hydrolysis) is 1. The van der Waals surface area contributed by atoms with E-state index in [-0.39, 0.29) is 24.0 Å². The number of hydrogen-bond donors (Lipinski definition) is 3. The third-order valence-corrected chi connectivity index (χ3v) is 5.61. The van der Waals surface area contributed by atoms with Gasteiger partial charge in [-0.3, -0.25) is 4.79 Å². The summed E-state index contributed by atoms with van der Waals surface area (Å²) in [5, 5.41) is 4.92. The maximum absolute atomic E-state index is 12.6. The molecule has 11 heteroatoms. The first-order valence-electron chi connectivity index (χ1n) is 9.91. The SMILES string of the molecule is Cc1cc(C)nc(NS(=O)(=O)c2ccc(NC(=O)CNC(=O)OCc3ccccc3)cc2)n1. The van der Waals surface area contributed by atoms with Crippen molar-refractivity contribution in [1.82, 2.24) is 15.3 Å². The van der Waals surface area contributed by atoms with Gasteiger partial charge in [-0.15, -0.1) is 0 Å². The largest absolute Gasteiger partial charge is 0.445 e. The first-order valence-corrected chi connectivity index (χ1v) is 11.4. The van der Waals surface area contributed by atoms with E-state index in [0.717, 1.165) is 5.56 Å². The van der Waals surface area contributed by atoms with Gasteiger partial charge in [0.25, 0.3) is 10.0 Å². The predicted octanol–water partition coefficient (Wildman–Crippen LogP) is 2.76. The van der Waals surface area contributed by atoms with Gasteiger partial charge in [0.05, 0.1) is 4.90 Å². The van der Waals surface area contributed by atoms with Gasteiger partial charge in [-0.05, 0) is 49.7 Å². The van der Waals surface area contributed by atoms with Crippen molar-refractivity contribution in [2.45, 2.75) is 25.3 Å². The lowest BCUT2D eigenvalue weighted by molar-refractivity contribution is -0.115. The Labute approximate surface area is 191 Å². The van der Waals surface area contributed by atoms with E-state index in [4.69, 9.17) is 4.74 Å². The zero-order valence-corrected chi connectivity index (χ0v) is 18.8. The number of amides is 2. The molecule has 0 spiro atoms. The van der Waals surface area contributed by atoms with E-state index in [1.165, 1.54) is 24.3 Å². The van der Waals surface area contributed by atoms with Crippen LogP contribution in [0.15, 0.2) is 65.6 Å². The highest BCUT2D eigenvalue weighted by Gasteiger charge is 2.16. The van der Waals surface area contributed by atoms with E-state index in [9.17, 15) is 18.0 Å². The molecule has 2 amide bonds. The minimum atomic E-state index is -3.90. The number of carbonyl (C=O) groups excluding carboxylic acids is 2. The fourth-order valence-corrected chi connectivity index (χ4v) is 3.74. The normalized spacial score (nSPS) is 10.8. The Kier molecular flexibility index (Phi) is 7.57. The van der Waals surface area contributed by atoms with Crippen LogP contribution in [0.2, 0.25) is 0 Å². The lowest BCUT2D eigenvalue weighted by atomic mass is 10.2. The monoisotopic (exact) mass is 469 g/mol. The second-order valence-electron chi connectivity index (χ2n) is 7.07. The molecule has 0 radical (unpaired) electrons. The predicted molar refractivity (Wildman–Crippen MR) is 122 cm³/mol. The highest BCUT2D eigenvalue weighted by molar-refractivity contribution is 7.92. The van der Waals surface area contributed by atoms with Crippen molar-refractivity contribution < 1.29 is 22.7 Å². The Morgan fingerprint density at radius 2 is 1.58 bits per heavy atom. The minimum absolute atomic E-state index is 0.0184. The molecule has 0 aliphatic carbocycles. The zero-order chi connectivity index (χ0) is 23.8. The summed E-state index contributed by atoms with van der Waals surface area (Å²) in [7, 11) is -3.90. The molecular weight excluding hydrogens is 446 g/mol. The Balaban J connectivity index is 1.50. The summed E-state index contributed by atoms with van der Waals surface area (Å²) in [5.41, 5.74) is 2.46. The molecule has 0 fully saturated rings. The molecule has 3 N–H and O–H groups in total. The number of carbonyl (C=O) groups is 2. The molecule has 1 heterocycles. The minimum Gasteiger partial charge on any atom is -0.445 e. The molecule has 3 rings (SSSR count). The first kappa shape index (κ1) is 23.7. The van der Waals surface area contributed by atoms with Crippen LogP contribution in [0, 0.1) is 13.8 Å². The molecule has 0 atom stereocenters. The molecule has 2 aromatic carbocycles. The molecule has 0 unspecified atom stereocenters. The van der Waals surface area contributed by atoms with Crippen molar-refractivity contribution in [2.75, 3.05) is 16.6 Å². The van der Waals surface area contributed by atoms with Gasteiger partial charge in [0.2, 0.25) is 11.9 Å². The Morgan fingerprint density at radius 1 is 0.939 bits per heavy atom. The Bertz CT molecular complexity index is 1210. The molecule has 0 saturated carbocycles. The highest BCUT2D eigenvalue weighted by Crippen LogP contribution is 2.17. The quantitative estimate of drug-likeness (QED) is 0.461. The van der Waals surface area contributed by atoms with E-state index in [1.807, 2.05) is 30.3 Å². The van der Waals surface area contributed by atoms with Gasteiger partial charge in [-0.25, -0.2) is 27.9 Å². The van der Waals surface area contributed by atoms with Crippen LogP contribution in [0.1, 0.15) is 17.0 Å². The van der Waals surface area contributed by atoms with Crippen LogP contribution in [-0.4, -0.2) is 36.9 Å². The summed E-state index contributed by atoms with van der Waals surface area (Å²) >= 11 is 0. The second-order valence-corrected chi connectivity index (χ2v) is 8.75. The van der Waals surface area contributed by atoms with Crippen molar-refractivity contribution >= 4 is 33.7 Å². The number of rotatable bonds is 8. The standard InChI is InChI=1S/C22H23N5O5S/c1-15-12-16(2)25-21(24-15)27-33(30,31)19-10-8-18(9-11-19)26-20(28)13-23-22(29)32-14-17-6-4-3-5-7-17/h3-12H,13-14H2,1-2H3,(H,23,29)(H,26,28)(H,24,25,27). The summed E-state index contributed by atoms with van der Waals surface area (Å²) in [5.74, 6) is -0.515. The van der Waals surface area contributed by atoms with Gasteiger partial charge >= 0.3 is 6.09 Å². The second kappa shape index (κ2) is 10.6. The summed E-state index contributed by atoms with van der Waals surface area (Å²) in [6, 6.07) is 16.4. The van der Waals surface area contributed by atoms with E-state index < -0.39 is 22.0 Å². The van der Waals surface area contributed by atoms with Crippen molar-refractivity contribution in [3.63, 3.8) is 0 Å².